The Morgan fingerprint density at radius 3 is 2.62 bits per heavy atom. The Bertz CT molecular complexity index is 1050. The molecule has 2 aromatic rings. The maximum Gasteiger partial charge on any atom is 0.270 e. The SMILES string of the molecule is CC(C)CCN1C(=O)CCc2cc(NS(=O)(=O)c3cccc([N+](=O)[O-])c3)ccc21. The zero-order chi connectivity index (χ0) is 21.2. The van der Waals surface area contributed by atoms with Crippen molar-refractivity contribution in [2.45, 2.75) is 38.0 Å². The largest absolute Gasteiger partial charge is 0.312 e. The topological polar surface area (TPSA) is 110 Å². The van der Waals surface area contributed by atoms with Crippen LogP contribution in [0.15, 0.2) is 47.4 Å². The van der Waals surface area contributed by atoms with Gasteiger partial charge in [0.25, 0.3) is 15.7 Å². The second-order valence-electron chi connectivity index (χ2n) is 7.43. The van der Waals surface area contributed by atoms with Crippen molar-refractivity contribution in [1.29, 1.82) is 0 Å². The number of nitrogens with one attached hydrogen (secondary N) is 1. The summed E-state index contributed by atoms with van der Waals surface area (Å²) in [6, 6.07) is 9.97. The van der Waals surface area contributed by atoms with Crippen molar-refractivity contribution in [2.24, 2.45) is 5.92 Å². The summed E-state index contributed by atoms with van der Waals surface area (Å²) in [5, 5.41) is 10.9. The molecule has 29 heavy (non-hydrogen) atoms. The molecule has 154 valence electrons. The Hall–Kier alpha value is -2.94. The summed E-state index contributed by atoms with van der Waals surface area (Å²) in [6.07, 6.45) is 1.80. The molecular formula is C20H23N3O5S. The van der Waals surface area contributed by atoms with Gasteiger partial charge in [-0.05, 0) is 48.6 Å². The number of anilines is 2. The van der Waals surface area contributed by atoms with Crippen LogP contribution in [0.25, 0.3) is 0 Å². The molecule has 0 saturated heterocycles. The number of hydrogen-bond donors (Lipinski definition) is 1. The molecule has 2 aromatic carbocycles. The Morgan fingerprint density at radius 1 is 1.17 bits per heavy atom. The number of carbonyl (C=O) groups excluding carboxylic acids is 1. The first kappa shape index (κ1) is 20.8. The Morgan fingerprint density at radius 2 is 1.93 bits per heavy atom. The van der Waals surface area contributed by atoms with Crippen LogP contribution in [0.1, 0.15) is 32.3 Å². The summed E-state index contributed by atoms with van der Waals surface area (Å²) in [5.41, 5.74) is 1.76. The number of sulfonamides is 1. The van der Waals surface area contributed by atoms with Crippen molar-refractivity contribution in [3.05, 3.63) is 58.1 Å². The molecular weight excluding hydrogens is 394 g/mol. The number of carbonyl (C=O) groups is 1. The molecule has 1 amide bonds. The van der Waals surface area contributed by atoms with Crippen LogP contribution in [-0.2, 0) is 21.2 Å². The lowest BCUT2D eigenvalue weighted by Crippen LogP contribution is -2.36. The summed E-state index contributed by atoms with van der Waals surface area (Å²) in [5.74, 6) is 0.539. The quantitative estimate of drug-likeness (QED) is 0.545. The number of rotatable bonds is 7. The second-order valence-corrected chi connectivity index (χ2v) is 9.11. The van der Waals surface area contributed by atoms with Gasteiger partial charge in [-0.15, -0.1) is 0 Å². The highest BCUT2D eigenvalue weighted by Gasteiger charge is 2.25. The average Bonchev–Trinajstić information content (AvgIpc) is 2.67. The molecule has 8 nitrogen and oxygen atoms in total. The molecule has 0 radical (unpaired) electrons. The fraction of sp³-hybridized carbons (Fsp3) is 0.350. The van der Waals surface area contributed by atoms with E-state index in [9.17, 15) is 23.3 Å². The van der Waals surface area contributed by atoms with Crippen LogP contribution in [0.5, 0.6) is 0 Å². The van der Waals surface area contributed by atoms with Crippen molar-refractivity contribution in [3.63, 3.8) is 0 Å². The lowest BCUT2D eigenvalue weighted by molar-refractivity contribution is -0.385. The predicted octanol–water partition coefficient (Wildman–Crippen LogP) is 3.72. The number of aryl methyl sites for hydroxylation is 1. The highest BCUT2D eigenvalue weighted by molar-refractivity contribution is 7.92. The van der Waals surface area contributed by atoms with Gasteiger partial charge >= 0.3 is 0 Å². The Balaban J connectivity index is 1.85. The fourth-order valence-electron chi connectivity index (χ4n) is 3.23. The molecule has 0 fully saturated rings. The number of fused-ring (bicyclic) bond motifs is 1. The second kappa shape index (κ2) is 8.20. The summed E-state index contributed by atoms with van der Waals surface area (Å²) in [4.78, 5) is 24.2. The molecule has 0 spiro atoms. The number of non-ortho nitro benzene ring substituents is 1. The minimum Gasteiger partial charge on any atom is -0.312 e. The van der Waals surface area contributed by atoms with Gasteiger partial charge in [0.2, 0.25) is 5.91 Å². The number of nitro benzene ring substituents is 1. The van der Waals surface area contributed by atoms with E-state index in [1.807, 2.05) is 0 Å². The number of benzene rings is 2. The van der Waals surface area contributed by atoms with E-state index < -0.39 is 14.9 Å². The van der Waals surface area contributed by atoms with E-state index in [4.69, 9.17) is 0 Å². The van der Waals surface area contributed by atoms with Gasteiger partial charge < -0.3 is 4.90 Å². The normalized spacial score (nSPS) is 14.0. The van der Waals surface area contributed by atoms with Gasteiger partial charge in [-0.2, -0.15) is 0 Å². The van der Waals surface area contributed by atoms with Crippen LogP contribution >= 0.6 is 0 Å². The maximum absolute atomic E-state index is 12.6. The lowest BCUT2D eigenvalue weighted by Gasteiger charge is -2.30. The van der Waals surface area contributed by atoms with Gasteiger partial charge in [0, 0.05) is 36.5 Å². The van der Waals surface area contributed by atoms with E-state index in [-0.39, 0.29) is 16.5 Å². The molecule has 1 heterocycles. The van der Waals surface area contributed by atoms with Gasteiger partial charge in [0.05, 0.1) is 9.82 Å². The summed E-state index contributed by atoms with van der Waals surface area (Å²) in [7, 11) is -3.98. The van der Waals surface area contributed by atoms with E-state index in [2.05, 4.69) is 18.6 Å². The number of nitro groups is 1. The van der Waals surface area contributed by atoms with E-state index >= 15 is 0 Å². The zero-order valence-corrected chi connectivity index (χ0v) is 17.1. The van der Waals surface area contributed by atoms with Crippen LogP contribution in [0.4, 0.5) is 17.1 Å². The Kier molecular flexibility index (Phi) is 5.88. The van der Waals surface area contributed by atoms with Gasteiger partial charge in [0.15, 0.2) is 0 Å². The van der Waals surface area contributed by atoms with Crippen molar-refractivity contribution in [3.8, 4) is 0 Å². The van der Waals surface area contributed by atoms with Crippen LogP contribution in [0.2, 0.25) is 0 Å². The van der Waals surface area contributed by atoms with Crippen LogP contribution in [0.3, 0.4) is 0 Å². The maximum atomic E-state index is 12.6. The predicted molar refractivity (Wildman–Crippen MR) is 110 cm³/mol. The zero-order valence-electron chi connectivity index (χ0n) is 16.3. The molecule has 0 aliphatic carbocycles. The van der Waals surface area contributed by atoms with E-state index in [0.29, 0.717) is 31.0 Å². The molecule has 9 heteroatoms. The van der Waals surface area contributed by atoms with Gasteiger partial charge in [-0.25, -0.2) is 8.42 Å². The fourth-order valence-corrected chi connectivity index (χ4v) is 4.32. The standard InChI is InChI=1S/C20H23N3O5S/c1-14(2)10-11-22-19-8-7-16(12-15(19)6-9-20(22)24)21-29(27,28)18-5-3-4-17(13-18)23(25)26/h3-5,7-8,12-14,21H,6,9-11H2,1-2H3. The van der Waals surface area contributed by atoms with E-state index in [1.165, 1.54) is 18.2 Å². The van der Waals surface area contributed by atoms with Crippen molar-refractivity contribution >= 4 is 33.0 Å². The summed E-state index contributed by atoms with van der Waals surface area (Å²) >= 11 is 0. The van der Waals surface area contributed by atoms with Gasteiger partial charge in [-0.1, -0.05) is 19.9 Å². The third-order valence-electron chi connectivity index (χ3n) is 4.80. The minimum atomic E-state index is -3.98. The smallest absolute Gasteiger partial charge is 0.270 e. The van der Waals surface area contributed by atoms with Crippen LogP contribution in [0, 0.1) is 16.0 Å². The monoisotopic (exact) mass is 417 g/mol. The van der Waals surface area contributed by atoms with Crippen LogP contribution in [-0.4, -0.2) is 25.8 Å². The first-order valence-corrected chi connectivity index (χ1v) is 10.9. The average molecular weight is 417 g/mol. The third-order valence-corrected chi connectivity index (χ3v) is 6.18. The number of hydrogen-bond acceptors (Lipinski definition) is 5. The number of amides is 1. The molecule has 3 rings (SSSR count). The molecule has 1 N–H and O–H groups in total. The van der Waals surface area contributed by atoms with E-state index in [1.54, 1.807) is 23.1 Å². The minimum absolute atomic E-state index is 0.0723. The van der Waals surface area contributed by atoms with Gasteiger partial charge in [0.1, 0.15) is 0 Å². The number of nitrogens with zero attached hydrogens (tertiary/aromatic N) is 2. The summed E-state index contributed by atoms with van der Waals surface area (Å²) < 4.78 is 27.8. The molecule has 0 atom stereocenters. The first-order chi connectivity index (χ1) is 13.7. The van der Waals surface area contributed by atoms with Gasteiger partial charge in [-0.3, -0.25) is 19.6 Å². The van der Waals surface area contributed by atoms with Crippen molar-refractivity contribution in [1.82, 2.24) is 0 Å². The first-order valence-electron chi connectivity index (χ1n) is 9.38. The summed E-state index contributed by atoms with van der Waals surface area (Å²) in [6.45, 7) is 4.82. The Labute approximate surface area is 169 Å². The molecule has 0 aromatic heterocycles. The third kappa shape index (κ3) is 4.73. The lowest BCUT2D eigenvalue weighted by atomic mass is 9.99. The molecule has 0 unspecified atom stereocenters. The highest BCUT2D eigenvalue weighted by Crippen LogP contribution is 2.31. The van der Waals surface area contributed by atoms with Crippen molar-refractivity contribution < 1.29 is 18.1 Å². The molecule has 1 aliphatic heterocycles. The van der Waals surface area contributed by atoms with E-state index in [0.717, 1.165) is 23.7 Å². The molecule has 0 bridgehead atoms. The highest BCUT2D eigenvalue weighted by atomic mass is 32.2. The van der Waals surface area contributed by atoms with Crippen LogP contribution < -0.4 is 9.62 Å². The molecule has 0 saturated carbocycles. The van der Waals surface area contributed by atoms with Crippen molar-refractivity contribution in [2.75, 3.05) is 16.2 Å². The molecule has 1 aliphatic rings.